The zero-order valence-corrected chi connectivity index (χ0v) is 11.0. The van der Waals surface area contributed by atoms with Crippen LogP contribution in [0, 0.1) is 5.82 Å². The molecule has 0 aromatic heterocycles. The number of hydrogen-bond donors (Lipinski definition) is 2. The number of benzene rings is 1. The van der Waals surface area contributed by atoms with Crippen molar-refractivity contribution >= 4 is 5.91 Å². The van der Waals surface area contributed by atoms with Crippen molar-refractivity contribution in [1.82, 2.24) is 10.6 Å². The van der Waals surface area contributed by atoms with Gasteiger partial charge in [-0.1, -0.05) is 0 Å². The second kappa shape index (κ2) is 6.52. The molecule has 2 N–H and O–H groups in total. The number of carbonyl (C=O) groups excluding carboxylic acids is 1. The van der Waals surface area contributed by atoms with Crippen LogP contribution in [0.5, 0.6) is 5.75 Å². The Morgan fingerprint density at radius 3 is 2.89 bits per heavy atom. The van der Waals surface area contributed by atoms with E-state index in [1.807, 2.05) is 0 Å². The SMILES string of the molecule is CNCc1cc(F)cc(OCCC(=O)NC2CC2)c1. The van der Waals surface area contributed by atoms with Crippen molar-refractivity contribution in [3.05, 3.63) is 29.6 Å². The molecular weight excluding hydrogens is 247 g/mol. The van der Waals surface area contributed by atoms with E-state index in [0.717, 1.165) is 18.4 Å². The average Bonchev–Trinajstić information content (AvgIpc) is 3.12. The zero-order chi connectivity index (χ0) is 13.7. The van der Waals surface area contributed by atoms with Gasteiger partial charge in [0.25, 0.3) is 0 Å². The third-order valence-corrected chi connectivity index (χ3v) is 2.85. The number of carbonyl (C=O) groups is 1. The summed E-state index contributed by atoms with van der Waals surface area (Å²) in [5, 5.41) is 5.84. The van der Waals surface area contributed by atoms with E-state index in [-0.39, 0.29) is 18.3 Å². The smallest absolute Gasteiger partial charge is 0.223 e. The van der Waals surface area contributed by atoms with Gasteiger partial charge in [-0.25, -0.2) is 4.39 Å². The third kappa shape index (κ3) is 4.87. The Morgan fingerprint density at radius 1 is 1.42 bits per heavy atom. The molecule has 1 aliphatic carbocycles. The van der Waals surface area contributed by atoms with E-state index in [4.69, 9.17) is 4.74 Å². The molecule has 1 aliphatic rings. The number of amides is 1. The van der Waals surface area contributed by atoms with Crippen LogP contribution in [0.4, 0.5) is 4.39 Å². The van der Waals surface area contributed by atoms with E-state index in [2.05, 4.69) is 10.6 Å². The molecule has 0 heterocycles. The molecule has 104 valence electrons. The van der Waals surface area contributed by atoms with Crippen molar-refractivity contribution in [2.24, 2.45) is 0 Å². The summed E-state index contributed by atoms with van der Waals surface area (Å²) in [5.74, 6) is 0.129. The van der Waals surface area contributed by atoms with Gasteiger partial charge in [0.05, 0.1) is 13.0 Å². The van der Waals surface area contributed by atoms with Crippen LogP contribution in [0.1, 0.15) is 24.8 Å². The maximum absolute atomic E-state index is 13.3. The first-order valence-electron chi connectivity index (χ1n) is 6.53. The Labute approximate surface area is 112 Å². The normalized spacial score (nSPS) is 14.2. The van der Waals surface area contributed by atoms with E-state index in [1.54, 1.807) is 13.1 Å². The fourth-order valence-corrected chi connectivity index (χ4v) is 1.80. The number of halogens is 1. The molecule has 0 aliphatic heterocycles. The molecule has 0 bridgehead atoms. The Hall–Kier alpha value is -1.62. The molecule has 0 radical (unpaired) electrons. The predicted octanol–water partition coefficient (Wildman–Crippen LogP) is 1.59. The van der Waals surface area contributed by atoms with Crippen molar-refractivity contribution in [2.45, 2.75) is 31.8 Å². The second-order valence-electron chi connectivity index (χ2n) is 4.77. The maximum atomic E-state index is 13.3. The van der Waals surface area contributed by atoms with Gasteiger partial charge in [0.15, 0.2) is 0 Å². The highest BCUT2D eigenvalue weighted by Crippen LogP contribution is 2.19. The highest BCUT2D eigenvalue weighted by atomic mass is 19.1. The van der Waals surface area contributed by atoms with E-state index in [0.29, 0.717) is 24.8 Å². The van der Waals surface area contributed by atoms with Crippen LogP contribution in [-0.4, -0.2) is 25.6 Å². The van der Waals surface area contributed by atoms with Crippen LogP contribution in [0.25, 0.3) is 0 Å². The minimum Gasteiger partial charge on any atom is -0.493 e. The Bertz CT molecular complexity index is 447. The first-order chi connectivity index (χ1) is 9.17. The fraction of sp³-hybridized carbons (Fsp3) is 0.500. The van der Waals surface area contributed by atoms with Crippen LogP contribution in [0.3, 0.4) is 0 Å². The molecule has 1 aromatic carbocycles. The monoisotopic (exact) mass is 266 g/mol. The van der Waals surface area contributed by atoms with Crippen molar-refractivity contribution in [3.8, 4) is 5.75 Å². The van der Waals surface area contributed by atoms with Gasteiger partial charge in [-0.3, -0.25) is 4.79 Å². The van der Waals surface area contributed by atoms with E-state index >= 15 is 0 Å². The number of hydrogen-bond acceptors (Lipinski definition) is 3. The van der Waals surface area contributed by atoms with Gasteiger partial charge in [0, 0.05) is 18.7 Å². The number of ether oxygens (including phenoxy) is 1. The molecule has 0 unspecified atom stereocenters. The standard InChI is InChI=1S/C14H19FN2O2/c1-16-9-10-6-11(15)8-13(7-10)19-5-4-14(18)17-12-2-3-12/h6-8,12,16H,2-5,9H2,1H3,(H,17,18). The molecule has 1 saturated carbocycles. The maximum Gasteiger partial charge on any atom is 0.223 e. The lowest BCUT2D eigenvalue weighted by atomic mass is 10.2. The predicted molar refractivity (Wildman–Crippen MR) is 70.4 cm³/mol. The van der Waals surface area contributed by atoms with Gasteiger partial charge in [0.1, 0.15) is 11.6 Å². The highest BCUT2D eigenvalue weighted by molar-refractivity contribution is 5.76. The largest absolute Gasteiger partial charge is 0.493 e. The van der Waals surface area contributed by atoms with E-state index in [9.17, 15) is 9.18 Å². The first kappa shape index (κ1) is 13.8. The van der Waals surface area contributed by atoms with Gasteiger partial charge in [-0.2, -0.15) is 0 Å². The lowest BCUT2D eigenvalue weighted by Gasteiger charge is -2.09. The van der Waals surface area contributed by atoms with Gasteiger partial charge in [-0.05, 0) is 37.6 Å². The molecule has 19 heavy (non-hydrogen) atoms. The summed E-state index contributed by atoms with van der Waals surface area (Å²) in [6.07, 6.45) is 2.45. The summed E-state index contributed by atoms with van der Waals surface area (Å²) >= 11 is 0. The Kier molecular flexibility index (Phi) is 4.74. The molecule has 2 rings (SSSR count). The van der Waals surface area contributed by atoms with Gasteiger partial charge < -0.3 is 15.4 Å². The molecule has 0 spiro atoms. The Morgan fingerprint density at radius 2 is 2.21 bits per heavy atom. The summed E-state index contributed by atoms with van der Waals surface area (Å²) < 4.78 is 18.7. The molecule has 1 amide bonds. The van der Waals surface area contributed by atoms with Crippen LogP contribution in [0.15, 0.2) is 18.2 Å². The minimum absolute atomic E-state index is 0.00523. The highest BCUT2D eigenvalue weighted by Gasteiger charge is 2.22. The molecule has 1 aromatic rings. The van der Waals surface area contributed by atoms with Gasteiger partial charge in [-0.15, -0.1) is 0 Å². The summed E-state index contributed by atoms with van der Waals surface area (Å²) in [6, 6.07) is 4.93. The van der Waals surface area contributed by atoms with Crippen LogP contribution < -0.4 is 15.4 Å². The molecular formula is C14H19FN2O2. The second-order valence-corrected chi connectivity index (χ2v) is 4.77. The Balaban J connectivity index is 1.79. The van der Waals surface area contributed by atoms with Crippen LogP contribution in [0.2, 0.25) is 0 Å². The minimum atomic E-state index is -0.329. The van der Waals surface area contributed by atoms with Gasteiger partial charge >= 0.3 is 0 Å². The van der Waals surface area contributed by atoms with E-state index in [1.165, 1.54) is 12.1 Å². The number of nitrogens with one attached hydrogen (secondary N) is 2. The molecule has 5 heteroatoms. The topological polar surface area (TPSA) is 50.4 Å². The molecule has 4 nitrogen and oxygen atoms in total. The van der Waals surface area contributed by atoms with Crippen molar-refractivity contribution < 1.29 is 13.9 Å². The van der Waals surface area contributed by atoms with Gasteiger partial charge in [0.2, 0.25) is 5.91 Å². The summed E-state index contributed by atoms with van der Waals surface area (Å²) in [6.45, 7) is 0.845. The van der Waals surface area contributed by atoms with Crippen molar-refractivity contribution in [1.29, 1.82) is 0 Å². The summed E-state index contributed by atoms with van der Waals surface area (Å²) in [4.78, 5) is 11.4. The molecule has 0 saturated heterocycles. The lowest BCUT2D eigenvalue weighted by molar-refractivity contribution is -0.121. The summed E-state index contributed by atoms with van der Waals surface area (Å²) in [5.41, 5.74) is 0.819. The van der Waals surface area contributed by atoms with Crippen LogP contribution >= 0.6 is 0 Å². The zero-order valence-electron chi connectivity index (χ0n) is 11.0. The third-order valence-electron chi connectivity index (χ3n) is 2.85. The fourth-order valence-electron chi connectivity index (χ4n) is 1.80. The van der Waals surface area contributed by atoms with Crippen molar-refractivity contribution in [2.75, 3.05) is 13.7 Å². The average molecular weight is 266 g/mol. The number of rotatable bonds is 7. The lowest BCUT2D eigenvalue weighted by Crippen LogP contribution is -2.26. The molecule has 1 fully saturated rings. The summed E-state index contributed by atoms with van der Waals surface area (Å²) in [7, 11) is 1.80. The van der Waals surface area contributed by atoms with Crippen LogP contribution in [-0.2, 0) is 11.3 Å². The quantitative estimate of drug-likeness (QED) is 0.788. The molecule has 0 atom stereocenters. The first-order valence-corrected chi connectivity index (χ1v) is 6.53. The van der Waals surface area contributed by atoms with E-state index < -0.39 is 0 Å². The van der Waals surface area contributed by atoms with Crippen molar-refractivity contribution in [3.63, 3.8) is 0 Å².